The third-order valence-corrected chi connectivity index (χ3v) is 4.76. The molecule has 1 amide bonds. The molecule has 148 valence electrons. The molecule has 0 saturated carbocycles. The average Bonchev–Trinajstić information content (AvgIpc) is 3.04. The Labute approximate surface area is 161 Å². The van der Waals surface area contributed by atoms with Gasteiger partial charge in [0.05, 0.1) is 5.69 Å². The van der Waals surface area contributed by atoms with E-state index in [1.165, 1.54) is 6.42 Å². The highest BCUT2D eigenvalue weighted by Crippen LogP contribution is 2.13. The van der Waals surface area contributed by atoms with Crippen LogP contribution in [0.4, 0.5) is 0 Å². The molecule has 6 nitrogen and oxygen atoms in total. The highest BCUT2D eigenvalue weighted by Gasteiger charge is 2.17. The van der Waals surface area contributed by atoms with Crippen LogP contribution in [0.5, 0.6) is 0 Å². The van der Waals surface area contributed by atoms with Crippen molar-refractivity contribution in [3.8, 4) is 0 Å². The van der Waals surface area contributed by atoms with Crippen molar-refractivity contribution in [3.05, 3.63) is 35.8 Å². The van der Waals surface area contributed by atoms with Gasteiger partial charge in [-0.3, -0.25) is 14.0 Å². The second-order valence-electron chi connectivity index (χ2n) is 6.92. The maximum atomic E-state index is 12.6. The average molecular weight is 373 g/mol. The Morgan fingerprint density at radius 3 is 2.37 bits per heavy atom. The van der Waals surface area contributed by atoms with E-state index < -0.39 is 5.97 Å². The number of carboxylic acid groups (broad SMARTS) is 1. The first kappa shape index (κ1) is 20.9. The molecule has 2 aromatic rings. The molecule has 0 unspecified atom stereocenters. The number of carbonyl (C=O) groups is 2. The van der Waals surface area contributed by atoms with Crippen LogP contribution in [0.1, 0.15) is 80.9 Å². The number of carbonyl (C=O) groups excluding carboxylic acids is 1. The largest absolute Gasteiger partial charge is 0.481 e. The summed E-state index contributed by atoms with van der Waals surface area (Å²) in [5.41, 5.74) is 2.29. The zero-order valence-electron chi connectivity index (χ0n) is 16.2. The number of hydrogen-bond acceptors (Lipinski definition) is 3. The van der Waals surface area contributed by atoms with Gasteiger partial charge in [-0.2, -0.15) is 0 Å². The van der Waals surface area contributed by atoms with Gasteiger partial charge >= 0.3 is 5.97 Å². The molecule has 6 heteroatoms. The van der Waals surface area contributed by atoms with E-state index in [9.17, 15) is 9.59 Å². The van der Waals surface area contributed by atoms with Crippen molar-refractivity contribution >= 4 is 17.5 Å². The molecule has 0 aliphatic carbocycles. The third-order valence-electron chi connectivity index (χ3n) is 4.76. The lowest BCUT2D eigenvalue weighted by molar-refractivity contribution is -0.137. The van der Waals surface area contributed by atoms with E-state index in [2.05, 4.69) is 10.3 Å². The van der Waals surface area contributed by atoms with Crippen molar-refractivity contribution < 1.29 is 14.7 Å². The van der Waals surface area contributed by atoms with E-state index in [1.54, 1.807) is 0 Å². The fourth-order valence-corrected chi connectivity index (χ4v) is 3.28. The first-order chi connectivity index (χ1) is 13.1. The van der Waals surface area contributed by atoms with Gasteiger partial charge in [0.1, 0.15) is 11.3 Å². The lowest BCUT2D eigenvalue weighted by Crippen LogP contribution is -2.26. The van der Waals surface area contributed by atoms with Crippen molar-refractivity contribution in [2.75, 3.05) is 6.54 Å². The Kier molecular flexibility index (Phi) is 8.81. The molecular formula is C21H31N3O3. The van der Waals surface area contributed by atoms with Crippen LogP contribution in [0.3, 0.4) is 0 Å². The van der Waals surface area contributed by atoms with E-state index in [-0.39, 0.29) is 12.3 Å². The van der Waals surface area contributed by atoms with Crippen molar-refractivity contribution in [3.63, 3.8) is 0 Å². The van der Waals surface area contributed by atoms with Gasteiger partial charge < -0.3 is 10.4 Å². The number of carboxylic acids is 1. The molecule has 2 heterocycles. The van der Waals surface area contributed by atoms with Crippen LogP contribution in [-0.2, 0) is 11.2 Å². The van der Waals surface area contributed by atoms with Crippen molar-refractivity contribution in [2.45, 2.75) is 71.1 Å². The fourth-order valence-electron chi connectivity index (χ4n) is 3.28. The number of hydrogen-bond donors (Lipinski definition) is 2. The number of aliphatic carboxylic acids is 1. The number of imidazole rings is 1. The van der Waals surface area contributed by atoms with Crippen LogP contribution in [0, 0.1) is 0 Å². The molecule has 0 aliphatic heterocycles. The highest BCUT2D eigenvalue weighted by molar-refractivity contribution is 5.94. The predicted molar refractivity (Wildman–Crippen MR) is 106 cm³/mol. The number of amides is 1. The summed E-state index contributed by atoms with van der Waals surface area (Å²) >= 11 is 0. The predicted octanol–water partition coefficient (Wildman–Crippen LogP) is 4.22. The van der Waals surface area contributed by atoms with Crippen LogP contribution in [0.25, 0.3) is 5.65 Å². The summed E-state index contributed by atoms with van der Waals surface area (Å²) in [6.07, 6.45) is 11.4. The molecule has 0 bridgehead atoms. The topological polar surface area (TPSA) is 83.7 Å². The van der Waals surface area contributed by atoms with E-state index in [0.29, 0.717) is 12.2 Å². The lowest BCUT2D eigenvalue weighted by Gasteiger charge is -2.07. The smallest absolute Gasteiger partial charge is 0.303 e. The number of rotatable bonds is 13. The van der Waals surface area contributed by atoms with Crippen LogP contribution in [0.15, 0.2) is 24.4 Å². The molecule has 0 spiro atoms. The summed E-state index contributed by atoms with van der Waals surface area (Å²) in [6, 6.07) is 5.75. The SMILES string of the molecule is CCc1nc2ccccn2c1C(=O)NCCCCCCCCCCC(=O)O. The second kappa shape index (κ2) is 11.4. The zero-order valence-corrected chi connectivity index (χ0v) is 16.2. The van der Waals surface area contributed by atoms with Gasteiger partial charge in [-0.1, -0.05) is 51.5 Å². The number of nitrogens with one attached hydrogen (secondary N) is 1. The van der Waals surface area contributed by atoms with E-state index >= 15 is 0 Å². The minimum absolute atomic E-state index is 0.0519. The molecule has 0 fully saturated rings. The van der Waals surface area contributed by atoms with Gasteiger partial charge in [-0.05, 0) is 31.4 Å². The van der Waals surface area contributed by atoms with E-state index in [4.69, 9.17) is 5.11 Å². The standard InChI is InChI=1S/C21H31N3O3/c1-2-17-20(24-16-12-10-13-18(24)23-17)21(27)22-15-11-8-6-4-3-5-7-9-14-19(25)26/h10,12-13,16H,2-9,11,14-15H2,1H3,(H,22,27)(H,25,26). The summed E-state index contributed by atoms with van der Waals surface area (Å²) < 4.78 is 1.86. The molecule has 2 N–H and O–H groups in total. The van der Waals surface area contributed by atoms with Gasteiger partial charge in [0.2, 0.25) is 0 Å². The number of aryl methyl sites for hydroxylation is 1. The molecule has 2 rings (SSSR count). The Morgan fingerprint density at radius 1 is 1.04 bits per heavy atom. The Balaban J connectivity index is 1.61. The summed E-state index contributed by atoms with van der Waals surface area (Å²) in [4.78, 5) is 27.5. The summed E-state index contributed by atoms with van der Waals surface area (Å²) in [5.74, 6) is -0.754. The second-order valence-corrected chi connectivity index (χ2v) is 6.92. The first-order valence-electron chi connectivity index (χ1n) is 10.1. The van der Waals surface area contributed by atoms with Gasteiger partial charge in [0.15, 0.2) is 0 Å². The van der Waals surface area contributed by atoms with Gasteiger partial charge in [-0.25, -0.2) is 4.98 Å². The third kappa shape index (κ3) is 6.70. The van der Waals surface area contributed by atoms with Crippen LogP contribution in [-0.4, -0.2) is 32.9 Å². The van der Waals surface area contributed by atoms with Gasteiger partial charge in [0, 0.05) is 19.2 Å². The molecule has 0 saturated heterocycles. The molecule has 27 heavy (non-hydrogen) atoms. The van der Waals surface area contributed by atoms with Crippen LogP contribution in [0.2, 0.25) is 0 Å². The van der Waals surface area contributed by atoms with E-state index in [0.717, 1.165) is 62.7 Å². The zero-order chi connectivity index (χ0) is 19.5. The highest BCUT2D eigenvalue weighted by atomic mass is 16.4. The number of aromatic nitrogens is 2. The van der Waals surface area contributed by atoms with Crippen molar-refractivity contribution in [2.24, 2.45) is 0 Å². The Hall–Kier alpha value is -2.37. The lowest BCUT2D eigenvalue weighted by atomic mass is 10.1. The molecule has 0 atom stereocenters. The maximum Gasteiger partial charge on any atom is 0.303 e. The monoisotopic (exact) mass is 373 g/mol. The fraction of sp³-hybridized carbons (Fsp3) is 0.571. The first-order valence-corrected chi connectivity index (χ1v) is 10.1. The molecule has 0 radical (unpaired) electrons. The normalized spacial score (nSPS) is 11.0. The summed E-state index contributed by atoms with van der Waals surface area (Å²) in [6.45, 7) is 2.70. The Morgan fingerprint density at radius 2 is 1.70 bits per heavy atom. The molecule has 0 aliphatic rings. The molecule has 2 aromatic heterocycles. The number of unbranched alkanes of at least 4 members (excludes halogenated alkanes) is 7. The number of fused-ring (bicyclic) bond motifs is 1. The molecular weight excluding hydrogens is 342 g/mol. The molecule has 0 aromatic carbocycles. The quantitative estimate of drug-likeness (QED) is 0.515. The van der Waals surface area contributed by atoms with Crippen molar-refractivity contribution in [1.82, 2.24) is 14.7 Å². The Bertz CT molecular complexity index is 739. The van der Waals surface area contributed by atoms with Crippen LogP contribution >= 0.6 is 0 Å². The number of nitrogens with zero attached hydrogens (tertiary/aromatic N) is 2. The number of pyridine rings is 1. The van der Waals surface area contributed by atoms with Crippen LogP contribution < -0.4 is 5.32 Å². The summed E-state index contributed by atoms with van der Waals surface area (Å²) in [7, 11) is 0. The minimum Gasteiger partial charge on any atom is -0.481 e. The van der Waals surface area contributed by atoms with Gasteiger partial charge in [0.25, 0.3) is 5.91 Å². The summed E-state index contributed by atoms with van der Waals surface area (Å²) in [5, 5.41) is 11.6. The van der Waals surface area contributed by atoms with E-state index in [1.807, 2.05) is 35.7 Å². The maximum absolute atomic E-state index is 12.6. The minimum atomic E-state index is -0.702. The van der Waals surface area contributed by atoms with Crippen molar-refractivity contribution in [1.29, 1.82) is 0 Å². The van der Waals surface area contributed by atoms with Gasteiger partial charge in [-0.15, -0.1) is 0 Å².